The summed E-state index contributed by atoms with van der Waals surface area (Å²) in [5.74, 6) is -0.0370. The van der Waals surface area contributed by atoms with Crippen LogP contribution in [0.2, 0.25) is 0 Å². The van der Waals surface area contributed by atoms with E-state index in [0.717, 1.165) is 4.47 Å². The van der Waals surface area contributed by atoms with Crippen molar-refractivity contribution in [1.82, 2.24) is 0 Å². The molecule has 0 aliphatic rings. The maximum Gasteiger partial charge on any atom is 0.359 e. The van der Waals surface area contributed by atoms with Gasteiger partial charge in [0.05, 0.1) is 10.3 Å². The summed E-state index contributed by atoms with van der Waals surface area (Å²) in [6, 6.07) is 13.3. The van der Waals surface area contributed by atoms with E-state index >= 15 is 0 Å². The molecule has 6 heteroatoms. The Bertz CT molecular complexity index is 917. The van der Waals surface area contributed by atoms with Crippen LogP contribution in [0.1, 0.15) is 0 Å². The molecule has 3 rings (SSSR count). The zero-order chi connectivity index (χ0) is 15.0. The van der Waals surface area contributed by atoms with E-state index in [1.807, 2.05) is 0 Å². The fourth-order valence-corrected chi connectivity index (χ4v) is 2.52. The number of halogens is 1. The van der Waals surface area contributed by atoms with Crippen LogP contribution in [-0.4, -0.2) is 4.92 Å². The molecule has 0 atom stereocenters. The minimum Gasteiger partial charge on any atom is -0.449 e. The van der Waals surface area contributed by atoms with Crippen molar-refractivity contribution in [2.45, 2.75) is 0 Å². The first-order valence-electron chi connectivity index (χ1n) is 6.04. The number of para-hydroxylation sites is 1. The molecule has 104 valence electrons. The van der Waals surface area contributed by atoms with Crippen molar-refractivity contribution in [3.05, 3.63) is 73.3 Å². The molecule has 0 saturated carbocycles. The van der Waals surface area contributed by atoms with Gasteiger partial charge < -0.3 is 4.42 Å². The lowest BCUT2D eigenvalue weighted by atomic mass is 10.1. The molecule has 0 fully saturated rings. The summed E-state index contributed by atoms with van der Waals surface area (Å²) in [6.07, 6.45) is 0. The van der Waals surface area contributed by atoms with Crippen LogP contribution in [0.4, 0.5) is 5.69 Å². The zero-order valence-electron chi connectivity index (χ0n) is 10.6. The Balaban J connectivity index is 2.44. The van der Waals surface area contributed by atoms with Gasteiger partial charge in [0.2, 0.25) is 5.76 Å². The first-order chi connectivity index (χ1) is 10.1. The van der Waals surface area contributed by atoms with Crippen molar-refractivity contribution in [3.8, 4) is 11.3 Å². The van der Waals surface area contributed by atoms with E-state index < -0.39 is 16.0 Å². The van der Waals surface area contributed by atoms with E-state index in [0.29, 0.717) is 11.1 Å². The van der Waals surface area contributed by atoms with Crippen molar-refractivity contribution in [2.75, 3.05) is 0 Å². The Labute approximate surface area is 127 Å². The van der Waals surface area contributed by atoms with Crippen LogP contribution >= 0.6 is 15.9 Å². The third-order valence-corrected chi connectivity index (χ3v) is 3.54. The summed E-state index contributed by atoms with van der Waals surface area (Å²) in [6.45, 7) is 0. The average Bonchev–Trinajstić information content (AvgIpc) is 2.46. The largest absolute Gasteiger partial charge is 0.449 e. The van der Waals surface area contributed by atoms with Crippen LogP contribution < -0.4 is 5.43 Å². The Hall–Kier alpha value is -2.47. The molecular formula is C15H8BrNO4. The summed E-state index contributed by atoms with van der Waals surface area (Å²) < 4.78 is 6.35. The van der Waals surface area contributed by atoms with Crippen LogP contribution in [0.5, 0.6) is 0 Å². The van der Waals surface area contributed by atoms with Gasteiger partial charge >= 0.3 is 5.69 Å². The van der Waals surface area contributed by atoms with Gasteiger partial charge in [0.1, 0.15) is 5.58 Å². The molecule has 0 radical (unpaired) electrons. The minimum absolute atomic E-state index is 0.0370. The highest BCUT2D eigenvalue weighted by Crippen LogP contribution is 2.31. The summed E-state index contributed by atoms with van der Waals surface area (Å²) in [5, 5.41) is 11.5. The molecule has 0 N–H and O–H groups in total. The quantitative estimate of drug-likeness (QED) is 0.517. The molecule has 0 aliphatic carbocycles. The van der Waals surface area contributed by atoms with Gasteiger partial charge in [-0.25, -0.2) is 0 Å². The van der Waals surface area contributed by atoms with Gasteiger partial charge in [-0.05, 0) is 24.3 Å². The molecule has 2 aromatic carbocycles. The molecule has 0 aliphatic heterocycles. The third kappa shape index (κ3) is 2.34. The highest BCUT2D eigenvalue weighted by molar-refractivity contribution is 9.10. The number of benzene rings is 2. The molecule has 0 amide bonds. The molecule has 1 aromatic heterocycles. The SMILES string of the molecule is O=c1c([N+](=O)[O-])c(-c2cccc(Br)c2)oc2ccccc12. The fourth-order valence-electron chi connectivity index (χ4n) is 2.12. The number of rotatable bonds is 2. The van der Waals surface area contributed by atoms with Gasteiger partial charge in [-0.1, -0.05) is 40.2 Å². The first-order valence-corrected chi connectivity index (χ1v) is 6.83. The molecule has 5 nitrogen and oxygen atoms in total. The van der Waals surface area contributed by atoms with Crippen LogP contribution in [0.15, 0.2) is 62.2 Å². The molecule has 0 spiro atoms. The maximum atomic E-state index is 12.3. The fraction of sp³-hybridized carbons (Fsp3) is 0. The van der Waals surface area contributed by atoms with Crippen LogP contribution in [-0.2, 0) is 0 Å². The predicted molar refractivity (Wildman–Crippen MR) is 82.3 cm³/mol. The number of hydrogen-bond acceptors (Lipinski definition) is 4. The highest BCUT2D eigenvalue weighted by atomic mass is 79.9. The number of fused-ring (bicyclic) bond motifs is 1. The zero-order valence-corrected chi connectivity index (χ0v) is 12.2. The van der Waals surface area contributed by atoms with Crippen molar-refractivity contribution in [2.24, 2.45) is 0 Å². The Morgan fingerprint density at radius 3 is 2.57 bits per heavy atom. The number of nitrogens with zero attached hydrogens (tertiary/aromatic N) is 1. The van der Waals surface area contributed by atoms with Gasteiger partial charge in [0, 0.05) is 10.0 Å². The minimum atomic E-state index is -0.700. The van der Waals surface area contributed by atoms with E-state index in [1.54, 1.807) is 42.5 Å². The van der Waals surface area contributed by atoms with Gasteiger partial charge in [0.25, 0.3) is 5.43 Å². The lowest BCUT2D eigenvalue weighted by Crippen LogP contribution is -2.10. The van der Waals surface area contributed by atoms with E-state index in [4.69, 9.17) is 4.42 Å². The second-order valence-corrected chi connectivity index (χ2v) is 5.29. The molecule has 0 saturated heterocycles. The van der Waals surface area contributed by atoms with E-state index in [1.165, 1.54) is 6.07 Å². The molecule has 0 bridgehead atoms. The summed E-state index contributed by atoms with van der Waals surface area (Å²) >= 11 is 3.30. The Morgan fingerprint density at radius 1 is 1.10 bits per heavy atom. The average molecular weight is 346 g/mol. The summed E-state index contributed by atoms with van der Waals surface area (Å²) in [5.41, 5.74) is -0.398. The number of hydrogen-bond donors (Lipinski definition) is 0. The second kappa shape index (κ2) is 5.14. The molecule has 0 unspecified atom stereocenters. The van der Waals surface area contributed by atoms with E-state index in [2.05, 4.69) is 15.9 Å². The second-order valence-electron chi connectivity index (χ2n) is 4.37. The van der Waals surface area contributed by atoms with Crippen molar-refractivity contribution in [1.29, 1.82) is 0 Å². The Morgan fingerprint density at radius 2 is 1.86 bits per heavy atom. The first kappa shape index (κ1) is 13.5. The summed E-state index contributed by atoms with van der Waals surface area (Å²) in [7, 11) is 0. The highest BCUT2D eigenvalue weighted by Gasteiger charge is 2.25. The van der Waals surface area contributed by atoms with Crippen molar-refractivity contribution >= 4 is 32.6 Å². The van der Waals surface area contributed by atoms with Crippen molar-refractivity contribution in [3.63, 3.8) is 0 Å². The van der Waals surface area contributed by atoms with Crippen molar-refractivity contribution < 1.29 is 9.34 Å². The molecule has 21 heavy (non-hydrogen) atoms. The smallest absolute Gasteiger partial charge is 0.359 e. The standard InChI is InChI=1S/C15H8BrNO4/c16-10-5-3-4-9(8-10)15-13(17(19)20)14(18)11-6-1-2-7-12(11)21-15/h1-8H. The summed E-state index contributed by atoms with van der Waals surface area (Å²) in [4.78, 5) is 22.9. The maximum absolute atomic E-state index is 12.3. The van der Waals surface area contributed by atoms with Gasteiger partial charge in [0.15, 0.2) is 0 Å². The van der Waals surface area contributed by atoms with Gasteiger partial charge in [-0.2, -0.15) is 0 Å². The van der Waals surface area contributed by atoms with Crippen LogP contribution in [0, 0.1) is 10.1 Å². The lowest BCUT2D eigenvalue weighted by molar-refractivity contribution is -0.386. The van der Waals surface area contributed by atoms with Crippen LogP contribution in [0.25, 0.3) is 22.3 Å². The van der Waals surface area contributed by atoms with E-state index in [9.17, 15) is 14.9 Å². The monoisotopic (exact) mass is 345 g/mol. The third-order valence-electron chi connectivity index (χ3n) is 3.04. The number of nitro groups is 1. The van der Waals surface area contributed by atoms with Gasteiger partial charge in [-0.15, -0.1) is 0 Å². The topological polar surface area (TPSA) is 73.3 Å². The van der Waals surface area contributed by atoms with Gasteiger partial charge in [-0.3, -0.25) is 14.9 Å². The molecule has 1 heterocycles. The Kier molecular flexibility index (Phi) is 3.31. The molecule has 3 aromatic rings. The van der Waals surface area contributed by atoms with Crippen LogP contribution in [0.3, 0.4) is 0 Å². The predicted octanol–water partition coefficient (Wildman–Crippen LogP) is 4.13. The van der Waals surface area contributed by atoms with E-state index in [-0.39, 0.29) is 11.1 Å². The normalized spacial score (nSPS) is 10.7. The molecular weight excluding hydrogens is 338 g/mol. The lowest BCUT2D eigenvalue weighted by Gasteiger charge is -2.05.